The van der Waals surface area contributed by atoms with Gasteiger partial charge in [-0.15, -0.1) is 11.6 Å². The largest absolute Gasteiger partial charge is 1.00 e. The molecule has 52 heavy (non-hydrogen) atoms. The molecule has 0 radical (unpaired) electrons. The molecule has 264 valence electrons. The molecule has 2 aromatic carbocycles. The van der Waals surface area contributed by atoms with Crippen LogP contribution in [0.3, 0.4) is 0 Å². The van der Waals surface area contributed by atoms with E-state index in [0.717, 1.165) is 62.1 Å². The van der Waals surface area contributed by atoms with Crippen LogP contribution in [-0.2, 0) is 12.4 Å². The number of pyridine rings is 4. The first-order chi connectivity index (χ1) is 25.2. The fraction of sp³-hybridized carbons (Fsp3) is 0.143. The number of alkyl halides is 2. The van der Waals surface area contributed by atoms with Crippen LogP contribution in [0.4, 0.5) is 4.39 Å². The van der Waals surface area contributed by atoms with Crippen molar-refractivity contribution in [3.8, 4) is 11.8 Å². The Morgan fingerprint density at radius 1 is 0.788 bits per heavy atom. The van der Waals surface area contributed by atoms with E-state index in [4.69, 9.17) is 45.6 Å². The summed E-state index contributed by atoms with van der Waals surface area (Å²) in [6.07, 6.45) is 6.78. The second-order valence-corrected chi connectivity index (χ2v) is 13.7. The maximum atomic E-state index is 9.96. The zero-order valence-electron chi connectivity index (χ0n) is 29.9. The van der Waals surface area contributed by atoms with Crippen molar-refractivity contribution in [3.05, 3.63) is 114 Å². The molecule has 0 saturated heterocycles. The van der Waals surface area contributed by atoms with Crippen LogP contribution < -0.4 is 39.0 Å². The molecule has 17 heteroatoms. The van der Waals surface area contributed by atoms with Gasteiger partial charge < -0.3 is 10.9 Å². The van der Waals surface area contributed by atoms with E-state index in [1.165, 1.54) is 0 Å². The molecule has 0 saturated carbocycles. The number of hydrogen-bond acceptors (Lipinski definition) is 8. The maximum Gasteiger partial charge on any atom is 1.00 e. The Balaban J connectivity index is 0.000000223. The van der Waals surface area contributed by atoms with Gasteiger partial charge in [0.1, 0.15) is 12.9 Å². The molecule has 0 amide bonds. The van der Waals surface area contributed by atoms with Crippen LogP contribution in [0.1, 0.15) is 13.9 Å². The number of rotatable bonds is 5. The van der Waals surface area contributed by atoms with Crippen LogP contribution in [0.15, 0.2) is 85.5 Å². The van der Waals surface area contributed by atoms with Crippen LogP contribution >= 0.6 is 80.0 Å². The third-order valence-electron chi connectivity index (χ3n) is 7.27. The Bertz CT molecular complexity index is 2470. The molecule has 0 aliphatic rings. The number of methoxy groups -OCH3 is 2. The summed E-state index contributed by atoms with van der Waals surface area (Å²) in [5.41, 5.74) is 5.92. The number of fused-ring (bicyclic) bond motifs is 4. The normalized spacial score (nSPS) is 10.7. The van der Waals surface area contributed by atoms with Gasteiger partial charge in [0.2, 0.25) is 11.8 Å². The monoisotopic (exact) mass is 995 g/mol. The Kier molecular flexibility index (Phi) is 15.7. The van der Waals surface area contributed by atoms with Gasteiger partial charge in [0.15, 0.2) is 0 Å². The first kappa shape index (κ1) is 40.5. The third-order valence-corrected chi connectivity index (χ3v) is 9.61. The first-order valence-corrected chi connectivity index (χ1v) is 18.2. The Morgan fingerprint density at radius 2 is 1.35 bits per heavy atom. The van der Waals surface area contributed by atoms with Crippen molar-refractivity contribution in [2.75, 3.05) is 21.4 Å². The van der Waals surface area contributed by atoms with E-state index in [9.17, 15) is 4.39 Å². The topological polar surface area (TPSA) is 117 Å². The molecule has 10 nitrogen and oxygen atoms in total. The zero-order valence-corrected chi connectivity index (χ0v) is 36.5. The molecule has 6 aromatic heterocycles. The first-order valence-electron chi connectivity index (χ1n) is 15.5. The number of ether oxygens (including phenoxy) is 2. The van der Waals surface area contributed by atoms with Crippen molar-refractivity contribution in [2.45, 2.75) is 12.4 Å². The van der Waals surface area contributed by atoms with Crippen molar-refractivity contribution in [2.24, 2.45) is 0 Å². The smallest absolute Gasteiger partial charge is 1.00 e. The van der Waals surface area contributed by atoms with Crippen molar-refractivity contribution in [3.63, 3.8) is 0 Å². The maximum absolute atomic E-state index is 9.96. The number of nitrogens with one attached hydrogen (secondary N) is 1. The molecule has 0 atom stereocenters. The third kappa shape index (κ3) is 10.5. The van der Waals surface area contributed by atoms with Crippen LogP contribution in [0.2, 0.25) is 10.0 Å². The average Bonchev–Trinajstić information content (AvgIpc) is 3.68. The predicted molar refractivity (Wildman–Crippen MR) is 220 cm³/mol. The number of hydrogen-bond donors (Lipinski definition) is 1. The zero-order chi connectivity index (χ0) is 37.2. The van der Waals surface area contributed by atoms with Crippen molar-refractivity contribution in [1.82, 2.24) is 39.9 Å². The Morgan fingerprint density at radius 3 is 1.94 bits per heavy atom. The molecule has 0 fully saturated rings. The standard InChI is InChI=1S/C17H12ClIN4O.C10H7Cl2N.C7H6IN3O.CH3F.Na.H/c1-24-16-6-13-15(8-21-16)23(22-17(13)19)9-10-2-3-14-11(4-10)5-12(18)7-20-14;11-5-7-1-2-10-8(3-7)4-9(12)6-13-10;1-12-6-2-4-5(3-9-6)10-11-7(4)8;1-2;;/h2-8H,9H2,1H3;1-4,6H,5H2;2-3H,1H3,(H,10,11);1H3;;/q;;;;+1;-1/i;;;1D;;. The molecule has 0 bridgehead atoms. The van der Waals surface area contributed by atoms with E-state index in [1.807, 2.05) is 53.2 Å². The fourth-order valence-electron chi connectivity index (χ4n) is 4.88. The Labute approximate surface area is 365 Å². The number of halogens is 6. The summed E-state index contributed by atoms with van der Waals surface area (Å²) >= 11 is 22.0. The van der Waals surface area contributed by atoms with Gasteiger partial charge in [-0.3, -0.25) is 24.1 Å². The summed E-state index contributed by atoms with van der Waals surface area (Å²) in [4.78, 5) is 16.8. The van der Waals surface area contributed by atoms with Gasteiger partial charge in [-0.1, -0.05) is 35.3 Å². The minimum Gasteiger partial charge on any atom is -1.00 e. The SMILES string of the molecule is COc1cc2c(I)[nH]nc2cn1.COc1cc2c(I)nn(Cc3ccc4ncc(Cl)cc4c3)c2cn1.ClCc1ccc2ncc(Cl)cc2c1.[2H]CF.[H-].[Na+]. The molecule has 0 aliphatic carbocycles. The van der Waals surface area contributed by atoms with Crippen molar-refractivity contribution >= 4 is 124 Å². The average molecular weight is 997 g/mol. The number of aromatic amines is 1. The predicted octanol–water partition coefficient (Wildman–Crippen LogP) is 7.19. The summed E-state index contributed by atoms with van der Waals surface area (Å²) < 4.78 is 29.6. The molecule has 6 heterocycles. The van der Waals surface area contributed by atoms with E-state index in [1.54, 1.807) is 39.0 Å². The van der Waals surface area contributed by atoms with Gasteiger partial charge in [-0.05, 0) is 92.7 Å². The second kappa shape index (κ2) is 20.2. The number of nitrogens with zero attached hydrogens (tertiary/aromatic N) is 7. The summed E-state index contributed by atoms with van der Waals surface area (Å²) in [7, 11) is 2.21. The minimum atomic E-state index is -1.00. The molecule has 8 rings (SSSR count). The molecular weight excluding hydrogens is 967 g/mol. The van der Waals surface area contributed by atoms with E-state index in [-0.39, 0.29) is 31.0 Å². The second-order valence-electron chi connectivity index (χ2n) is 10.5. The van der Waals surface area contributed by atoms with Crippen molar-refractivity contribution < 1.29 is 46.2 Å². The fourth-order valence-corrected chi connectivity index (χ4v) is 6.63. The van der Waals surface area contributed by atoms with Gasteiger partial charge in [0.25, 0.3) is 0 Å². The van der Waals surface area contributed by atoms with Gasteiger partial charge in [0, 0.05) is 52.0 Å². The van der Waals surface area contributed by atoms with Gasteiger partial charge >= 0.3 is 29.6 Å². The van der Waals surface area contributed by atoms with Crippen molar-refractivity contribution in [1.29, 1.82) is 0 Å². The van der Waals surface area contributed by atoms with Crippen LogP contribution in [-0.4, -0.2) is 61.3 Å². The van der Waals surface area contributed by atoms with Gasteiger partial charge in [-0.2, -0.15) is 10.2 Å². The van der Waals surface area contributed by atoms with E-state index in [0.29, 0.717) is 34.2 Å². The number of benzene rings is 2. The molecular formula is C35H29Cl3FI2N8NaO2. The molecule has 0 aliphatic heterocycles. The van der Waals surface area contributed by atoms with E-state index < -0.39 is 7.15 Å². The molecule has 0 unspecified atom stereocenters. The van der Waals surface area contributed by atoms with E-state index in [2.05, 4.69) is 92.5 Å². The number of H-pyrrole nitrogens is 1. The van der Waals surface area contributed by atoms with E-state index >= 15 is 0 Å². The Hall–Kier alpha value is -2.64. The quantitative estimate of drug-likeness (QED) is 0.110. The molecule has 0 spiro atoms. The van der Waals surface area contributed by atoms with Crippen LogP contribution in [0.25, 0.3) is 43.6 Å². The summed E-state index contributed by atoms with van der Waals surface area (Å²) in [6, 6.07) is 19.6. The summed E-state index contributed by atoms with van der Waals surface area (Å²) in [6.45, 7) is 0.649. The minimum absolute atomic E-state index is 0. The van der Waals surface area contributed by atoms with Gasteiger partial charge in [-0.25, -0.2) is 9.97 Å². The summed E-state index contributed by atoms with van der Waals surface area (Å²) in [5.74, 6) is 1.72. The summed E-state index contributed by atoms with van der Waals surface area (Å²) in [5, 5.41) is 17.0. The van der Waals surface area contributed by atoms with Crippen LogP contribution in [0.5, 0.6) is 11.8 Å². The molecule has 1 N–H and O–H groups in total. The molecule has 8 aromatic rings. The van der Waals surface area contributed by atoms with Crippen LogP contribution in [0, 0.1) is 7.40 Å². The number of aromatic nitrogens is 8. The van der Waals surface area contributed by atoms with Gasteiger partial charge in [0.05, 0.1) is 68.3 Å².